The van der Waals surface area contributed by atoms with Gasteiger partial charge in [-0.05, 0) is 42.8 Å². The maximum Gasteiger partial charge on any atom is 0.357 e. The van der Waals surface area contributed by atoms with Crippen LogP contribution in [0.5, 0.6) is 5.88 Å². The van der Waals surface area contributed by atoms with Crippen molar-refractivity contribution in [2.24, 2.45) is 0 Å². The van der Waals surface area contributed by atoms with E-state index in [0.29, 0.717) is 5.56 Å². The van der Waals surface area contributed by atoms with Gasteiger partial charge in [-0.1, -0.05) is 48.5 Å². The van der Waals surface area contributed by atoms with Gasteiger partial charge in [0.25, 0.3) is 6.43 Å². The maximum absolute atomic E-state index is 15.6. The van der Waals surface area contributed by atoms with E-state index < -0.39 is 75.3 Å². The monoisotopic (exact) mass is 742 g/mol. The van der Waals surface area contributed by atoms with Gasteiger partial charge in [-0.25, -0.2) is 40.1 Å². The number of pyridine rings is 1. The largest absolute Gasteiger partial charge is 0.468 e. The zero-order valence-electron chi connectivity index (χ0n) is 27.3. The molecule has 11 nitrogen and oxygen atoms in total. The van der Waals surface area contributed by atoms with Gasteiger partial charge in [0.05, 0.1) is 30.1 Å². The molecule has 3 aromatic carbocycles. The lowest BCUT2D eigenvalue weighted by molar-refractivity contribution is -0.134. The molecule has 0 bridgehead atoms. The standard InChI is InChI=1S/C35H31F5N6O5S/c1-20(31(39)40)50-33-27(26-12-13-28(30(38)29(26)37)45-52(48,49)19-21-8-4-2-5-9-21)14-23-16-41-35(44-32(23)43-33)42-25-15-24(36)17-46(18-25)51-34(47)22-10-6-3-7-11-22/h2-14,16,20,24-25,31,45H,15,17-19H2,1H3,(H,41,42,43,44)/t20?,24-,25-/m0/s1. The number of rotatable bonds is 12. The molecular weight excluding hydrogens is 711 g/mol. The van der Waals surface area contributed by atoms with Gasteiger partial charge in [-0.2, -0.15) is 9.97 Å². The second kappa shape index (κ2) is 15.4. The Bertz CT molecular complexity index is 2170. The third-order valence-corrected chi connectivity index (χ3v) is 9.19. The minimum atomic E-state index is -4.15. The van der Waals surface area contributed by atoms with Crippen LogP contribution in [0.25, 0.3) is 22.2 Å². The zero-order chi connectivity index (χ0) is 37.0. The zero-order valence-corrected chi connectivity index (χ0v) is 28.2. The predicted molar refractivity (Wildman–Crippen MR) is 182 cm³/mol. The first-order chi connectivity index (χ1) is 24.8. The summed E-state index contributed by atoms with van der Waals surface area (Å²) in [5, 5.41) is 4.33. The number of carbonyl (C=O) groups excluding carboxylic acids is 1. The highest BCUT2D eigenvalue weighted by atomic mass is 32.2. The average molecular weight is 743 g/mol. The molecule has 2 aromatic heterocycles. The van der Waals surface area contributed by atoms with Gasteiger partial charge in [-0.3, -0.25) is 4.72 Å². The van der Waals surface area contributed by atoms with Crippen LogP contribution in [0.4, 0.5) is 33.6 Å². The quantitative estimate of drug-likeness (QED) is 0.136. The number of piperidine rings is 1. The van der Waals surface area contributed by atoms with Gasteiger partial charge in [0.15, 0.2) is 23.4 Å². The number of carbonyl (C=O) groups is 1. The van der Waals surface area contributed by atoms with Crippen molar-refractivity contribution in [3.8, 4) is 17.0 Å². The Morgan fingerprint density at radius 2 is 1.67 bits per heavy atom. The molecule has 0 amide bonds. The van der Waals surface area contributed by atoms with Crippen molar-refractivity contribution >= 4 is 38.7 Å². The third kappa shape index (κ3) is 8.71. The van der Waals surface area contributed by atoms with Crippen LogP contribution in [0.1, 0.15) is 29.3 Å². The topological polar surface area (TPSA) is 136 Å². The number of anilines is 2. The van der Waals surface area contributed by atoms with E-state index in [1.54, 1.807) is 60.7 Å². The molecule has 3 atom stereocenters. The van der Waals surface area contributed by atoms with Crippen molar-refractivity contribution in [1.82, 2.24) is 20.0 Å². The molecule has 1 unspecified atom stereocenters. The number of fused-ring (bicyclic) bond motifs is 1. The molecule has 272 valence electrons. The van der Waals surface area contributed by atoms with E-state index in [4.69, 9.17) is 9.57 Å². The maximum atomic E-state index is 15.6. The van der Waals surface area contributed by atoms with Crippen molar-refractivity contribution in [2.75, 3.05) is 23.1 Å². The van der Waals surface area contributed by atoms with Crippen molar-refractivity contribution in [1.29, 1.82) is 0 Å². The van der Waals surface area contributed by atoms with Crippen molar-refractivity contribution in [3.05, 3.63) is 108 Å². The lowest BCUT2D eigenvalue weighted by Crippen LogP contribution is -2.48. The van der Waals surface area contributed by atoms with Gasteiger partial charge >= 0.3 is 5.97 Å². The number of halogens is 5. The molecule has 5 aromatic rings. The van der Waals surface area contributed by atoms with Crippen LogP contribution in [0, 0.1) is 11.6 Å². The summed E-state index contributed by atoms with van der Waals surface area (Å²) >= 11 is 0. The Labute approximate surface area is 294 Å². The van der Waals surface area contributed by atoms with Crippen LogP contribution in [-0.2, 0) is 20.6 Å². The normalized spacial score (nSPS) is 17.1. The van der Waals surface area contributed by atoms with E-state index in [1.807, 2.05) is 4.72 Å². The van der Waals surface area contributed by atoms with E-state index in [-0.39, 0.29) is 47.6 Å². The van der Waals surface area contributed by atoms with Gasteiger partial charge in [-0.15, -0.1) is 5.06 Å². The fourth-order valence-corrected chi connectivity index (χ4v) is 6.66. The first kappa shape index (κ1) is 36.4. The smallest absolute Gasteiger partial charge is 0.357 e. The Morgan fingerprint density at radius 1 is 0.962 bits per heavy atom. The number of aromatic nitrogens is 3. The molecule has 52 heavy (non-hydrogen) atoms. The van der Waals surface area contributed by atoms with Crippen LogP contribution in [0.15, 0.2) is 85.1 Å². The Balaban J connectivity index is 1.25. The highest BCUT2D eigenvalue weighted by Gasteiger charge is 2.31. The Kier molecular flexibility index (Phi) is 10.8. The van der Waals surface area contributed by atoms with E-state index in [0.717, 1.165) is 19.1 Å². The molecule has 3 heterocycles. The first-order valence-corrected chi connectivity index (χ1v) is 17.6. The highest BCUT2D eigenvalue weighted by molar-refractivity contribution is 7.91. The summed E-state index contributed by atoms with van der Waals surface area (Å²) in [6.45, 7) is 0.984. The van der Waals surface area contributed by atoms with E-state index in [9.17, 15) is 26.4 Å². The molecular formula is C35H31F5N6O5S. The van der Waals surface area contributed by atoms with Crippen LogP contribution in [-0.4, -0.2) is 72.2 Å². The fourth-order valence-electron chi connectivity index (χ4n) is 5.47. The molecule has 6 rings (SSSR count). The molecule has 1 saturated heterocycles. The van der Waals surface area contributed by atoms with Crippen LogP contribution >= 0.6 is 0 Å². The van der Waals surface area contributed by atoms with Crippen LogP contribution < -0.4 is 14.8 Å². The molecule has 0 saturated carbocycles. The van der Waals surface area contributed by atoms with Crippen molar-refractivity contribution in [2.45, 2.75) is 43.8 Å². The lowest BCUT2D eigenvalue weighted by atomic mass is 10.0. The fraction of sp³-hybridized carbons (Fsp3) is 0.257. The molecule has 0 radical (unpaired) electrons. The van der Waals surface area contributed by atoms with Crippen LogP contribution in [0.2, 0.25) is 0 Å². The van der Waals surface area contributed by atoms with E-state index in [1.165, 1.54) is 17.3 Å². The molecule has 1 fully saturated rings. The second-order valence-electron chi connectivity index (χ2n) is 12.0. The van der Waals surface area contributed by atoms with Crippen LogP contribution in [0.3, 0.4) is 0 Å². The van der Waals surface area contributed by atoms with Gasteiger partial charge in [0, 0.05) is 35.2 Å². The summed E-state index contributed by atoms with van der Waals surface area (Å²) in [5.41, 5.74) is -0.732. The number of hydrogen-bond donors (Lipinski definition) is 2. The number of hydrogen-bond acceptors (Lipinski definition) is 10. The molecule has 17 heteroatoms. The molecule has 0 spiro atoms. The van der Waals surface area contributed by atoms with Crippen molar-refractivity contribution < 1.29 is 44.7 Å². The highest BCUT2D eigenvalue weighted by Crippen LogP contribution is 2.37. The number of nitrogens with one attached hydrogen (secondary N) is 2. The van der Waals surface area contributed by atoms with Gasteiger partial charge in [0.2, 0.25) is 21.9 Å². The second-order valence-corrected chi connectivity index (χ2v) is 13.7. The summed E-state index contributed by atoms with van der Waals surface area (Å²) in [6.07, 6.45) is -4.77. The summed E-state index contributed by atoms with van der Waals surface area (Å²) in [6, 6.07) is 19.0. The number of sulfonamides is 1. The molecule has 1 aliphatic heterocycles. The number of benzene rings is 3. The Hall–Kier alpha value is -5.42. The summed E-state index contributed by atoms with van der Waals surface area (Å²) in [5.74, 6) is -4.73. The molecule has 2 N–H and O–H groups in total. The van der Waals surface area contributed by atoms with Gasteiger partial charge in [0.1, 0.15) is 6.17 Å². The summed E-state index contributed by atoms with van der Waals surface area (Å²) in [7, 11) is -4.15. The summed E-state index contributed by atoms with van der Waals surface area (Å²) < 4.78 is 106. The first-order valence-electron chi connectivity index (χ1n) is 15.9. The minimum Gasteiger partial charge on any atom is -0.468 e. The third-order valence-electron chi connectivity index (χ3n) is 7.94. The minimum absolute atomic E-state index is 0.0245. The van der Waals surface area contributed by atoms with Crippen molar-refractivity contribution in [3.63, 3.8) is 0 Å². The average Bonchev–Trinajstić information content (AvgIpc) is 3.10. The number of hydroxylamine groups is 2. The predicted octanol–water partition coefficient (Wildman–Crippen LogP) is 6.54. The lowest BCUT2D eigenvalue weighted by Gasteiger charge is -2.33. The number of nitrogens with zero attached hydrogens (tertiary/aromatic N) is 4. The molecule has 0 aliphatic carbocycles. The van der Waals surface area contributed by atoms with E-state index in [2.05, 4.69) is 20.3 Å². The van der Waals surface area contributed by atoms with E-state index >= 15 is 8.78 Å². The molecule has 1 aliphatic rings. The number of ether oxygens (including phenoxy) is 1. The summed E-state index contributed by atoms with van der Waals surface area (Å²) in [4.78, 5) is 30.7. The van der Waals surface area contributed by atoms with Gasteiger partial charge < -0.3 is 14.9 Å². The SMILES string of the molecule is CC(Oc1nc2nc(N[C@H]3C[C@H](F)CN(OC(=O)c4ccccc4)C3)ncc2cc1-c1ccc(NS(=O)(=O)Cc2ccccc2)c(F)c1F)C(F)F. The Morgan fingerprint density at radius 3 is 2.38 bits per heavy atom. The number of alkyl halides is 3.